The van der Waals surface area contributed by atoms with Gasteiger partial charge in [-0.3, -0.25) is 4.79 Å². The number of para-hydroxylation sites is 3. The smallest absolute Gasteiger partial charge is 0.222 e. The number of nitrogens with zero attached hydrogens (tertiary/aromatic N) is 4. The van der Waals surface area contributed by atoms with E-state index in [1.165, 1.54) is 0 Å². The predicted octanol–water partition coefficient (Wildman–Crippen LogP) is 3.24. The van der Waals surface area contributed by atoms with Crippen LogP contribution in [0.4, 0.5) is 0 Å². The molecule has 2 heterocycles. The molecule has 0 aliphatic heterocycles. The highest BCUT2D eigenvalue weighted by Gasteiger charge is 2.10. The quantitative estimate of drug-likeness (QED) is 0.575. The first-order valence-electron chi connectivity index (χ1n) is 8.99. The molecule has 2 aromatic carbocycles. The van der Waals surface area contributed by atoms with Crippen LogP contribution in [0.15, 0.2) is 67.0 Å². The van der Waals surface area contributed by atoms with Gasteiger partial charge in [0.15, 0.2) is 0 Å². The van der Waals surface area contributed by atoms with Gasteiger partial charge in [0, 0.05) is 31.9 Å². The van der Waals surface area contributed by atoms with E-state index >= 15 is 0 Å². The standard InChI is InChI=1S/C21H21N5O/c1-16-24-18-8-3-5-10-20(18)25(16)14-11-21(27)22-15-17-7-2-4-9-19(17)26-13-6-12-23-26/h2-10,12-13H,11,14-15H2,1H3,(H,22,27). The predicted molar refractivity (Wildman–Crippen MR) is 104 cm³/mol. The van der Waals surface area contributed by atoms with Gasteiger partial charge in [0.05, 0.1) is 16.7 Å². The Balaban J connectivity index is 1.40. The molecule has 0 radical (unpaired) electrons. The second-order valence-corrected chi connectivity index (χ2v) is 6.41. The van der Waals surface area contributed by atoms with Gasteiger partial charge in [0.2, 0.25) is 5.91 Å². The normalized spacial score (nSPS) is 11.0. The maximum absolute atomic E-state index is 12.4. The van der Waals surface area contributed by atoms with Crippen molar-refractivity contribution in [2.24, 2.45) is 0 Å². The van der Waals surface area contributed by atoms with Crippen molar-refractivity contribution in [2.75, 3.05) is 0 Å². The van der Waals surface area contributed by atoms with E-state index in [-0.39, 0.29) is 5.91 Å². The van der Waals surface area contributed by atoms with Crippen LogP contribution < -0.4 is 5.32 Å². The summed E-state index contributed by atoms with van der Waals surface area (Å²) >= 11 is 0. The lowest BCUT2D eigenvalue weighted by Gasteiger charge is -2.11. The molecule has 1 N–H and O–H groups in total. The third-order valence-electron chi connectivity index (χ3n) is 4.63. The third-order valence-corrected chi connectivity index (χ3v) is 4.63. The summed E-state index contributed by atoms with van der Waals surface area (Å²) in [5.41, 5.74) is 4.02. The summed E-state index contributed by atoms with van der Waals surface area (Å²) in [5, 5.41) is 7.29. The number of amides is 1. The van der Waals surface area contributed by atoms with E-state index in [1.807, 2.05) is 72.4 Å². The van der Waals surface area contributed by atoms with Gasteiger partial charge < -0.3 is 9.88 Å². The molecule has 4 rings (SSSR count). The molecule has 0 aliphatic rings. The number of rotatable bonds is 6. The lowest BCUT2D eigenvalue weighted by Crippen LogP contribution is -2.24. The number of nitrogens with one attached hydrogen (secondary N) is 1. The Morgan fingerprint density at radius 2 is 1.89 bits per heavy atom. The number of hydrogen-bond donors (Lipinski definition) is 1. The van der Waals surface area contributed by atoms with Crippen molar-refractivity contribution in [1.29, 1.82) is 0 Å². The molecule has 0 unspecified atom stereocenters. The average Bonchev–Trinajstić information content (AvgIpc) is 3.32. The Morgan fingerprint density at radius 3 is 2.74 bits per heavy atom. The van der Waals surface area contributed by atoms with E-state index in [0.717, 1.165) is 28.1 Å². The van der Waals surface area contributed by atoms with Crippen molar-refractivity contribution in [3.63, 3.8) is 0 Å². The van der Waals surface area contributed by atoms with Gasteiger partial charge in [0.1, 0.15) is 5.82 Å². The Hall–Kier alpha value is -3.41. The maximum atomic E-state index is 12.4. The van der Waals surface area contributed by atoms with Crippen LogP contribution in [0.25, 0.3) is 16.7 Å². The zero-order valence-electron chi connectivity index (χ0n) is 15.2. The molecule has 0 saturated carbocycles. The minimum Gasteiger partial charge on any atom is -0.352 e. The molecule has 0 fully saturated rings. The van der Waals surface area contributed by atoms with Gasteiger partial charge in [-0.2, -0.15) is 5.10 Å². The van der Waals surface area contributed by atoms with Crippen LogP contribution in [0.2, 0.25) is 0 Å². The number of imidazole rings is 1. The summed E-state index contributed by atoms with van der Waals surface area (Å²) in [6.07, 6.45) is 4.05. The summed E-state index contributed by atoms with van der Waals surface area (Å²) in [6.45, 7) is 3.05. The summed E-state index contributed by atoms with van der Waals surface area (Å²) in [4.78, 5) is 16.9. The number of carbonyl (C=O) groups is 1. The summed E-state index contributed by atoms with van der Waals surface area (Å²) in [6, 6.07) is 17.8. The van der Waals surface area contributed by atoms with Crippen LogP contribution in [0.5, 0.6) is 0 Å². The van der Waals surface area contributed by atoms with E-state index in [9.17, 15) is 4.79 Å². The molecule has 0 saturated heterocycles. The summed E-state index contributed by atoms with van der Waals surface area (Å²) in [5.74, 6) is 0.940. The second kappa shape index (κ2) is 7.45. The Labute approximate surface area is 157 Å². The van der Waals surface area contributed by atoms with Gasteiger partial charge >= 0.3 is 0 Å². The summed E-state index contributed by atoms with van der Waals surface area (Å²) < 4.78 is 3.90. The number of benzene rings is 2. The molecular formula is C21H21N5O. The molecule has 6 nitrogen and oxygen atoms in total. The van der Waals surface area contributed by atoms with Crippen LogP contribution in [-0.2, 0) is 17.9 Å². The van der Waals surface area contributed by atoms with E-state index in [2.05, 4.69) is 20.0 Å². The summed E-state index contributed by atoms with van der Waals surface area (Å²) in [7, 11) is 0. The van der Waals surface area contributed by atoms with Crippen LogP contribution >= 0.6 is 0 Å². The fourth-order valence-electron chi connectivity index (χ4n) is 3.27. The molecular weight excluding hydrogens is 338 g/mol. The van der Waals surface area contributed by atoms with Crippen molar-refractivity contribution < 1.29 is 4.79 Å². The minimum atomic E-state index is 0.0162. The first kappa shape index (κ1) is 17.0. The van der Waals surface area contributed by atoms with Gasteiger partial charge in [-0.05, 0) is 36.8 Å². The van der Waals surface area contributed by atoms with E-state index < -0.39 is 0 Å². The number of hydrogen-bond acceptors (Lipinski definition) is 3. The average molecular weight is 359 g/mol. The van der Waals surface area contributed by atoms with Crippen molar-refractivity contribution in [3.05, 3.63) is 78.4 Å². The number of aryl methyl sites for hydroxylation is 2. The Bertz CT molecular complexity index is 1070. The fourth-order valence-corrected chi connectivity index (χ4v) is 3.27. The topological polar surface area (TPSA) is 64.7 Å². The van der Waals surface area contributed by atoms with E-state index in [1.54, 1.807) is 6.20 Å². The third kappa shape index (κ3) is 3.60. The number of aromatic nitrogens is 4. The largest absolute Gasteiger partial charge is 0.352 e. The van der Waals surface area contributed by atoms with Crippen molar-refractivity contribution >= 4 is 16.9 Å². The zero-order valence-corrected chi connectivity index (χ0v) is 15.2. The van der Waals surface area contributed by atoms with Crippen LogP contribution in [-0.4, -0.2) is 25.2 Å². The van der Waals surface area contributed by atoms with Crippen LogP contribution in [0.3, 0.4) is 0 Å². The fraction of sp³-hybridized carbons (Fsp3) is 0.190. The highest BCUT2D eigenvalue weighted by molar-refractivity contribution is 5.78. The number of carbonyl (C=O) groups excluding carboxylic acids is 1. The first-order chi connectivity index (χ1) is 13.2. The van der Waals surface area contributed by atoms with Gasteiger partial charge in [-0.1, -0.05) is 30.3 Å². The molecule has 27 heavy (non-hydrogen) atoms. The van der Waals surface area contributed by atoms with E-state index in [0.29, 0.717) is 19.5 Å². The molecule has 0 spiro atoms. The molecule has 2 aromatic heterocycles. The van der Waals surface area contributed by atoms with Crippen molar-refractivity contribution in [3.8, 4) is 5.69 Å². The van der Waals surface area contributed by atoms with E-state index in [4.69, 9.17) is 0 Å². The lowest BCUT2D eigenvalue weighted by molar-refractivity contribution is -0.121. The van der Waals surface area contributed by atoms with Crippen molar-refractivity contribution in [2.45, 2.75) is 26.4 Å². The molecule has 0 atom stereocenters. The molecule has 0 bridgehead atoms. The molecule has 0 aliphatic carbocycles. The molecule has 136 valence electrons. The van der Waals surface area contributed by atoms with Crippen molar-refractivity contribution in [1.82, 2.24) is 24.6 Å². The highest BCUT2D eigenvalue weighted by Crippen LogP contribution is 2.16. The first-order valence-corrected chi connectivity index (χ1v) is 8.99. The molecule has 1 amide bonds. The van der Waals surface area contributed by atoms with Crippen LogP contribution in [0, 0.1) is 6.92 Å². The zero-order chi connectivity index (χ0) is 18.6. The van der Waals surface area contributed by atoms with Gasteiger partial charge in [-0.25, -0.2) is 9.67 Å². The SMILES string of the molecule is Cc1nc2ccccc2n1CCC(=O)NCc1ccccc1-n1cccn1. The lowest BCUT2D eigenvalue weighted by atomic mass is 10.1. The van der Waals surface area contributed by atoms with Crippen LogP contribution in [0.1, 0.15) is 17.8 Å². The maximum Gasteiger partial charge on any atom is 0.222 e. The minimum absolute atomic E-state index is 0.0162. The Morgan fingerprint density at radius 1 is 1.07 bits per heavy atom. The molecule has 4 aromatic rings. The number of fused-ring (bicyclic) bond motifs is 1. The second-order valence-electron chi connectivity index (χ2n) is 6.41. The molecule has 6 heteroatoms. The highest BCUT2D eigenvalue weighted by atomic mass is 16.1. The van der Waals surface area contributed by atoms with Gasteiger partial charge in [0.25, 0.3) is 0 Å². The van der Waals surface area contributed by atoms with Gasteiger partial charge in [-0.15, -0.1) is 0 Å². The monoisotopic (exact) mass is 359 g/mol. The Kier molecular flexibility index (Phi) is 4.70.